The monoisotopic (exact) mass is 508 g/mol. The molecule has 1 aliphatic heterocycles. The van der Waals surface area contributed by atoms with E-state index in [4.69, 9.17) is 29.4 Å². The summed E-state index contributed by atoms with van der Waals surface area (Å²) >= 11 is 0. The lowest BCUT2D eigenvalue weighted by molar-refractivity contribution is 0.0733. The molecule has 190 valence electrons. The fourth-order valence-corrected chi connectivity index (χ4v) is 4.69. The Balaban J connectivity index is 1.52. The number of allylic oxidation sites excluding steroid dienone is 1. The van der Waals surface area contributed by atoms with Crippen molar-refractivity contribution in [2.45, 2.75) is 5.92 Å². The summed E-state index contributed by atoms with van der Waals surface area (Å²) < 4.78 is 27.4. The maximum atomic E-state index is 13.0. The van der Waals surface area contributed by atoms with Crippen molar-refractivity contribution in [3.8, 4) is 34.8 Å². The molecule has 5 rings (SSSR count). The largest absolute Gasteiger partial charge is 0.493 e. The van der Waals surface area contributed by atoms with Gasteiger partial charge in [-0.25, -0.2) is 4.79 Å². The summed E-state index contributed by atoms with van der Waals surface area (Å²) in [5.41, 5.74) is 8.38. The molecule has 0 amide bonds. The number of benzene rings is 4. The third kappa shape index (κ3) is 4.20. The quantitative estimate of drug-likeness (QED) is 0.276. The molecule has 1 atom stereocenters. The molecule has 0 radical (unpaired) electrons. The van der Waals surface area contributed by atoms with Gasteiger partial charge < -0.3 is 29.4 Å². The molecule has 8 nitrogen and oxygen atoms in total. The standard InChI is InChI=1S/C30H24N2O6/c1-34-25-13-18(14-26(35-2)28(25)36-3)30(33)37-19-11-12-22-24(15-19)38-29(32)23(16-31)27(22)21-10-6-8-17-7-4-5-9-20(17)21/h4-15,27H,32H2,1-3H3. The Morgan fingerprint density at radius 1 is 0.895 bits per heavy atom. The Labute approximate surface area is 219 Å². The number of methoxy groups -OCH3 is 3. The first-order valence-electron chi connectivity index (χ1n) is 11.7. The number of rotatable bonds is 6. The van der Waals surface area contributed by atoms with Crippen LogP contribution in [0.1, 0.15) is 27.4 Å². The molecular formula is C30H24N2O6. The molecule has 0 bridgehead atoms. The van der Waals surface area contributed by atoms with Crippen molar-refractivity contribution in [3.05, 3.63) is 101 Å². The van der Waals surface area contributed by atoms with Gasteiger partial charge in [0.2, 0.25) is 11.6 Å². The summed E-state index contributed by atoms with van der Waals surface area (Å²) in [6, 6.07) is 24.2. The van der Waals surface area contributed by atoms with Crippen molar-refractivity contribution < 1.29 is 28.5 Å². The van der Waals surface area contributed by atoms with Crippen LogP contribution in [-0.4, -0.2) is 27.3 Å². The molecule has 1 unspecified atom stereocenters. The molecular weight excluding hydrogens is 484 g/mol. The molecule has 0 saturated heterocycles. The smallest absolute Gasteiger partial charge is 0.343 e. The van der Waals surface area contributed by atoms with Gasteiger partial charge in [-0.05, 0) is 34.5 Å². The van der Waals surface area contributed by atoms with E-state index in [0.29, 0.717) is 28.6 Å². The van der Waals surface area contributed by atoms with Crippen molar-refractivity contribution in [1.82, 2.24) is 0 Å². The second kappa shape index (κ2) is 10.1. The number of nitrogens with zero attached hydrogens (tertiary/aromatic N) is 1. The minimum absolute atomic E-state index is 0.00559. The number of esters is 1. The molecule has 38 heavy (non-hydrogen) atoms. The predicted octanol–water partition coefficient (Wildman–Crippen LogP) is 5.30. The number of fused-ring (bicyclic) bond motifs is 2. The first-order chi connectivity index (χ1) is 18.5. The average Bonchev–Trinajstić information content (AvgIpc) is 2.95. The van der Waals surface area contributed by atoms with E-state index in [-0.39, 0.29) is 17.2 Å². The summed E-state index contributed by atoms with van der Waals surface area (Å²) in [6.07, 6.45) is 0. The van der Waals surface area contributed by atoms with Crippen molar-refractivity contribution in [1.29, 1.82) is 5.26 Å². The van der Waals surface area contributed by atoms with Crippen LogP contribution in [0.25, 0.3) is 10.8 Å². The molecule has 1 aliphatic rings. The lowest BCUT2D eigenvalue weighted by atomic mass is 9.81. The Morgan fingerprint density at radius 3 is 2.29 bits per heavy atom. The second-order valence-electron chi connectivity index (χ2n) is 8.50. The molecule has 0 aliphatic carbocycles. The van der Waals surface area contributed by atoms with Crippen molar-refractivity contribution in [3.63, 3.8) is 0 Å². The van der Waals surface area contributed by atoms with E-state index >= 15 is 0 Å². The maximum absolute atomic E-state index is 13.0. The molecule has 1 heterocycles. The van der Waals surface area contributed by atoms with Crippen LogP contribution in [0.3, 0.4) is 0 Å². The molecule has 0 saturated carbocycles. The van der Waals surface area contributed by atoms with Gasteiger partial charge in [-0.15, -0.1) is 0 Å². The van der Waals surface area contributed by atoms with Crippen LogP contribution < -0.4 is 29.4 Å². The highest BCUT2D eigenvalue weighted by Crippen LogP contribution is 2.45. The normalized spacial score (nSPS) is 14.2. The summed E-state index contributed by atoms with van der Waals surface area (Å²) in [7, 11) is 4.41. The van der Waals surface area contributed by atoms with Gasteiger partial charge in [0.05, 0.1) is 32.8 Å². The number of nitriles is 1. The third-order valence-electron chi connectivity index (χ3n) is 6.44. The number of ether oxygens (including phenoxy) is 5. The van der Waals surface area contributed by atoms with Crippen LogP contribution in [0, 0.1) is 11.3 Å². The zero-order valence-corrected chi connectivity index (χ0v) is 21.0. The van der Waals surface area contributed by atoms with E-state index in [9.17, 15) is 10.1 Å². The first kappa shape index (κ1) is 24.5. The van der Waals surface area contributed by atoms with Gasteiger partial charge in [-0.2, -0.15) is 5.26 Å². The van der Waals surface area contributed by atoms with Crippen LogP contribution >= 0.6 is 0 Å². The van der Waals surface area contributed by atoms with Crippen molar-refractivity contribution >= 4 is 16.7 Å². The molecule has 8 heteroatoms. The van der Waals surface area contributed by atoms with Crippen molar-refractivity contribution in [2.75, 3.05) is 21.3 Å². The number of hydrogen-bond acceptors (Lipinski definition) is 8. The van der Waals surface area contributed by atoms with E-state index < -0.39 is 11.9 Å². The highest BCUT2D eigenvalue weighted by Gasteiger charge is 2.32. The van der Waals surface area contributed by atoms with E-state index in [0.717, 1.165) is 21.9 Å². The number of nitrogens with two attached hydrogens (primary N) is 1. The van der Waals surface area contributed by atoms with Gasteiger partial charge in [-0.3, -0.25) is 0 Å². The predicted molar refractivity (Wildman–Crippen MR) is 141 cm³/mol. The zero-order chi connectivity index (χ0) is 26.8. The van der Waals surface area contributed by atoms with E-state index in [2.05, 4.69) is 6.07 Å². The summed E-state index contributed by atoms with van der Waals surface area (Å²) in [5, 5.41) is 12.0. The maximum Gasteiger partial charge on any atom is 0.343 e. The summed E-state index contributed by atoms with van der Waals surface area (Å²) in [5.74, 6) is 0.582. The lowest BCUT2D eigenvalue weighted by Crippen LogP contribution is -2.21. The summed E-state index contributed by atoms with van der Waals surface area (Å²) in [4.78, 5) is 13.0. The van der Waals surface area contributed by atoms with Crippen LogP contribution in [0.2, 0.25) is 0 Å². The van der Waals surface area contributed by atoms with Gasteiger partial charge >= 0.3 is 5.97 Å². The first-order valence-corrected chi connectivity index (χ1v) is 11.7. The van der Waals surface area contributed by atoms with E-state index in [1.165, 1.54) is 33.5 Å². The molecule has 4 aromatic rings. The minimum atomic E-state index is -0.633. The van der Waals surface area contributed by atoms with Crippen LogP contribution in [0.5, 0.6) is 28.7 Å². The average molecular weight is 509 g/mol. The van der Waals surface area contributed by atoms with Gasteiger partial charge in [0.1, 0.15) is 23.1 Å². The molecule has 4 aromatic carbocycles. The van der Waals surface area contributed by atoms with Crippen molar-refractivity contribution in [2.24, 2.45) is 5.73 Å². The van der Waals surface area contributed by atoms with E-state index in [1.54, 1.807) is 18.2 Å². The molecule has 0 fully saturated rings. The third-order valence-corrected chi connectivity index (χ3v) is 6.44. The van der Waals surface area contributed by atoms with Gasteiger partial charge in [0, 0.05) is 11.6 Å². The Hall–Kier alpha value is -5.16. The van der Waals surface area contributed by atoms with Gasteiger partial charge in [0.15, 0.2) is 11.5 Å². The summed E-state index contributed by atoms with van der Waals surface area (Å²) in [6.45, 7) is 0. The van der Waals surface area contributed by atoms with Gasteiger partial charge in [-0.1, -0.05) is 48.5 Å². The second-order valence-corrected chi connectivity index (χ2v) is 8.50. The van der Waals surface area contributed by atoms with Crippen LogP contribution in [0.15, 0.2) is 84.3 Å². The van der Waals surface area contributed by atoms with Crippen LogP contribution in [0.4, 0.5) is 0 Å². The minimum Gasteiger partial charge on any atom is -0.493 e. The van der Waals surface area contributed by atoms with Gasteiger partial charge in [0.25, 0.3) is 0 Å². The number of carbonyl (C=O) groups excluding carboxylic acids is 1. The Bertz CT molecular complexity index is 1610. The molecule has 0 aromatic heterocycles. The molecule has 0 spiro atoms. The highest BCUT2D eigenvalue weighted by molar-refractivity contribution is 5.93. The Kier molecular flexibility index (Phi) is 6.50. The number of carbonyl (C=O) groups is 1. The van der Waals surface area contributed by atoms with Crippen LogP contribution in [-0.2, 0) is 0 Å². The fourth-order valence-electron chi connectivity index (χ4n) is 4.69. The zero-order valence-electron chi connectivity index (χ0n) is 21.0. The topological polar surface area (TPSA) is 113 Å². The number of hydrogen-bond donors (Lipinski definition) is 1. The highest BCUT2D eigenvalue weighted by atomic mass is 16.5. The fraction of sp³-hybridized carbons (Fsp3) is 0.133. The SMILES string of the molecule is COc1cc(C(=O)Oc2ccc3c(c2)OC(N)=C(C#N)C3c2cccc3ccccc23)cc(OC)c1OC. The molecule has 2 N–H and O–H groups in total. The Morgan fingerprint density at radius 2 is 1.61 bits per heavy atom. The lowest BCUT2D eigenvalue weighted by Gasteiger charge is -2.27. The van der Waals surface area contributed by atoms with E-state index in [1.807, 2.05) is 42.5 Å².